The first-order valence-corrected chi connectivity index (χ1v) is 9.39. The third-order valence-electron chi connectivity index (χ3n) is 4.56. The smallest absolute Gasteiger partial charge is 0.271 e. The second kappa shape index (κ2) is 8.29. The molecule has 0 atom stereocenters. The first-order valence-electron chi connectivity index (χ1n) is 9.01. The summed E-state index contributed by atoms with van der Waals surface area (Å²) in [5.41, 5.74) is 5.90. The highest BCUT2D eigenvalue weighted by Gasteiger charge is 2.08. The van der Waals surface area contributed by atoms with E-state index in [1.165, 1.54) is 24.3 Å². The summed E-state index contributed by atoms with van der Waals surface area (Å²) in [6, 6.07) is 21.0. The topological polar surface area (TPSA) is 46.4 Å². The van der Waals surface area contributed by atoms with Crippen LogP contribution in [0.25, 0.3) is 10.9 Å². The molecule has 4 aromatic rings. The molecule has 0 unspecified atom stereocenters. The zero-order valence-electron chi connectivity index (χ0n) is 15.3. The average molecular weight is 406 g/mol. The minimum Gasteiger partial charge on any atom is -0.342 e. The number of hydrogen-bond donors (Lipinski definition) is 1. The third kappa shape index (κ3) is 4.36. The Morgan fingerprint density at radius 1 is 1.03 bits per heavy atom. The molecule has 0 aliphatic carbocycles. The Labute approximate surface area is 172 Å². The van der Waals surface area contributed by atoms with Crippen LogP contribution in [0.2, 0.25) is 5.02 Å². The molecule has 0 aliphatic heterocycles. The number of rotatable bonds is 5. The van der Waals surface area contributed by atoms with E-state index >= 15 is 0 Å². The minimum absolute atomic E-state index is 0.341. The van der Waals surface area contributed by atoms with Crippen LogP contribution in [0, 0.1) is 5.82 Å². The van der Waals surface area contributed by atoms with Gasteiger partial charge in [0.2, 0.25) is 0 Å². The van der Waals surface area contributed by atoms with E-state index in [0.29, 0.717) is 17.1 Å². The summed E-state index contributed by atoms with van der Waals surface area (Å²) in [6.45, 7) is 0.688. The molecule has 1 amide bonds. The summed E-state index contributed by atoms with van der Waals surface area (Å²) in [5, 5.41) is 5.81. The molecule has 29 heavy (non-hydrogen) atoms. The average Bonchev–Trinajstić information content (AvgIpc) is 3.08. The zero-order chi connectivity index (χ0) is 20.2. The number of nitrogens with one attached hydrogen (secondary N) is 1. The molecule has 0 aliphatic rings. The van der Waals surface area contributed by atoms with E-state index in [1.807, 2.05) is 54.7 Å². The quantitative estimate of drug-likeness (QED) is 0.358. The van der Waals surface area contributed by atoms with E-state index in [9.17, 15) is 9.18 Å². The molecule has 6 heteroatoms. The fourth-order valence-corrected chi connectivity index (χ4v) is 3.25. The highest BCUT2D eigenvalue weighted by molar-refractivity contribution is 6.30. The first-order chi connectivity index (χ1) is 14.1. The molecular weight excluding hydrogens is 389 g/mol. The van der Waals surface area contributed by atoms with Crippen LogP contribution in [-0.4, -0.2) is 16.7 Å². The van der Waals surface area contributed by atoms with Crippen LogP contribution in [0.4, 0.5) is 4.39 Å². The van der Waals surface area contributed by atoms with Gasteiger partial charge in [-0.2, -0.15) is 5.10 Å². The Bertz CT molecular complexity index is 1180. The molecule has 144 valence electrons. The van der Waals surface area contributed by atoms with Crippen LogP contribution >= 0.6 is 11.6 Å². The number of carbonyl (C=O) groups is 1. The van der Waals surface area contributed by atoms with Crippen molar-refractivity contribution in [3.8, 4) is 0 Å². The van der Waals surface area contributed by atoms with Crippen molar-refractivity contribution in [1.29, 1.82) is 0 Å². The number of aromatic nitrogens is 1. The van der Waals surface area contributed by atoms with Crippen molar-refractivity contribution in [2.45, 2.75) is 6.54 Å². The van der Waals surface area contributed by atoms with Crippen molar-refractivity contribution in [2.24, 2.45) is 5.10 Å². The molecular formula is C23H17ClFN3O. The molecule has 4 rings (SSSR count). The van der Waals surface area contributed by atoms with Crippen LogP contribution in [0.15, 0.2) is 84.1 Å². The summed E-state index contributed by atoms with van der Waals surface area (Å²) in [6.07, 6.45) is 3.61. The Morgan fingerprint density at radius 3 is 2.52 bits per heavy atom. The summed E-state index contributed by atoms with van der Waals surface area (Å²) in [4.78, 5) is 12.1. The minimum atomic E-state index is -0.397. The Balaban J connectivity index is 1.55. The lowest BCUT2D eigenvalue weighted by Crippen LogP contribution is -2.17. The van der Waals surface area contributed by atoms with Crippen LogP contribution in [0.5, 0.6) is 0 Å². The Hall–Kier alpha value is -3.44. The summed E-state index contributed by atoms with van der Waals surface area (Å²) >= 11 is 5.97. The fraction of sp³-hybridized carbons (Fsp3) is 0.0435. The molecule has 0 bridgehead atoms. The van der Waals surface area contributed by atoms with E-state index in [4.69, 9.17) is 11.6 Å². The Morgan fingerprint density at radius 2 is 1.76 bits per heavy atom. The zero-order valence-corrected chi connectivity index (χ0v) is 16.1. The summed E-state index contributed by atoms with van der Waals surface area (Å²) in [5.74, 6) is -0.787. The molecule has 1 N–H and O–H groups in total. The van der Waals surface area contributed by atoms with Crippen LogP contribution < -0.4 is 5.43 Å². The van der Waals surface area contributed by atoms with Gasteiger partial charge in [-0.1, -0.05) is 41.9 Å². The van der Waals surface area contributed by atoms with Gasteiger partial charge < -0.3 is 4.57 Å². The predicted molar refractivity (Wildman–Crippen MR) is 114 cm³/mol. The largest absolute Gasteiger partial charge is 0.342 e. The van der Waals surface area contributed by atoms with Crippen LogP contribution in [-0.2, 0) is 6.54 Å². The number of hydrazone groups is 1. The number of benzene rings is 3. The van der Waals surface area contributed by atoms with Crippen molar-refractivity contribution >= 4 is 34.6 Å². The lowest BCUT2D eigenvalue weighted by molar-refractivity contribution is 0.0955. The predicted octanol–water partition coefficient (Wildman–Crippen LogP) is 5.25. The lowest BCUT2D eigenvalue weighted by atomic mass is 10.2. The van der Waals surface area contributed by atoms with Crippen molar-refractivity contribution in [3.05, 3.63) is 107 Å². The maximum atomic E-state index is 13.0. The lowest BCUT2D eigenvalue weighted by Gasteiger charge is -2.05. The molecule has 0 fully saturated rings. The molecule has 0 saturated heterocycles. The van der Waals surface area contributed by atoms with Gasteiger partial charge in [-0.15, -0.1) is 0 Å². The molecule has 0 saturated carbocycles. The normalized spacial score (nSPS) is 11.2. The van der Waals surface area contributed by atoms with Gasteiger partial charge in [-0.25, -0.2) is 9.82 Å². The number of nitrogens with zero attached hydrogens (tertiary/aromatic N) is 2. The van der Waals surface area contributed by atoms with E-state index in [-0.39, 0.29) is 0 Å². The molecule has 0 spiro atoms. The number of para-hydroxylation sites is 1. The number of hydrogen-bond acceptors (Lipinski definition) is 2. The van der Waals surface area contributed by atoms with E-state index in [1.54, 1.807) is 6.21 Å². The third-order valence-corrected chi connectivity index (χ3v) is 4.81. The van der Waals surface area contributed by atoms with Gasteiger partial charge in [0.05, 0.1) is 6.21 Å². The van der Waals surface area contributed by atoms with Gasteiger partial charge in [-0.05, 0) is 48.0 Å². The monoisotopic (exact) mass is 405 g/mol. The van der Waals surface area contributed by atoms with Crippen LogP contribution in [0.1, 0.15) is 21.5 Å². The van der Waals surface area contributed by atoms with Crippen molar-refractivity contribution in [2.75, 3.05) is 0 Å². The van der Waals surface area contributed by atoms with Gasteiger partial charge in [0.15, 0.2) is 0 Å². The van der Waals surface area contributed by atoms with E-state index in [2.05, 4.69) is 15.1 Å². The Kier molecular flexibility index (Phi) is 5.40. The molecule has 1 heterocycles. The molecule has 0 radical (unpaired) electrons. The fourth-order valence-electron chi connectivity index (χ4n) is 3.12. The van der Waals surface area contributed by atoms with E-state index in [0.717, 1.165) is 22.0 Å². The van der Waals surface area contributed by atoms with Gasteiger partial charge in [0.1, 0.15) is 5.82 Å². The van der Waals surface area contributed by atoms with Crippen molar-refractivity contribution in [1.82, 2.24) is 9.99 Å². The SMILES string of the molecule is O=C(N/N=C\c1cn(Cc2ccc(Cl)cc2)c2ccccc12)c1ccc(F)cc1. The van der Waals surface area contributed by atoms with Gasteiger partial charge in [0.25, 0.3) is 5.91 Å². The number of carbonyl (C=O) groups excluding carboxylic acids is 1. The molecule has 3 aromatic carbocycles. The van der Waals surface area contributed by atoms with E-state index < -0.39 is 11.7 Å². The standard InChI is InChI=1S/C23H17ClFN3O/c24-19-9-5-16(6-10-19)14-28-15-18(21-3-1-2-4-22(21)28)13-26-27-23(29)17-7-11-20(25)12-8-17/h1-13,15H,14H2,(H,27,29)/b26-13-. The van der Waals surface area contributed by atoms with Gasteiger partial charge >= 0.3 is 0 Å². The number of fused-ring (bicyclic) bond motifs is 1. The maximum Gasteiger partial charge on any atom is 0.271 e. The highest BCUT2D eigenvalue weighted by atomic mass is 35.5. The van der Waals surface area contributed by atoms with Crippen LogP contribution in [0.3, 0.4) is 0 Å². The summed E-state index contributed by atoms with van der Waals surface area (Å²) in [7, 11) is 0. The van der Waals surface area contributed by atoms with Gasteiger partial charge in [0, 0.05) is 39.8 Å². The maximum absolute atomic E-state index is 13.0. The molecule has 1 aromatic heterocycles. The van der Waals surface area contributed by atoms with Gasteiger partial charge in [-0.3, -0.25) is 4.79 Å². The van der Waals surface area contributed by atoms with Crippen molar-refractivity contribution in [3.63, 3.8) is 0 Å². The second-order valence-corrected chi connectivity index (χ2v) is 7.00. The highest BCUT2D eigenvalue weighted by Crippen LogP contribution is 2.21. The first kappa shape index (κ1) is 18.9. The molecule has 4 nitrogen and oxygen atoms in total. The number of amides is 1. The number of halogens is 2. The second-order valence-electron chi connectivity index (χ2n) is 6.56. The van der Waals surface area contributed by atoms with Crippen molar-refractivity contribution < 1.29 is 9.18 Å². The summed E-state index contributed by atoms with van der Waals surface area (Å²) < 4.78 is 15.1.